The highest BCUT2D eigenvalue weighted by atomic mass is 32.1. The van der Waals surface area contributed by atoms with Crippen LogP contribution < -0.4 is 10.6 Å². The Morgan fingerprint density at radius 1 is 1.06 bits per heavy atom. The fourth-order valence-electron chi connectivity index (χ4n) is 4.23. The lowest BCUT2D eigenvalue weighted by atomic mass is 9.98. The molecule has 1 aromatic heterocycles. The average molecular weight is 494 g/mol. The molecule has 35 heavy (non-hydrogen) atoms. The van der Waals surface area contributed by atoms with Crippen molar-refractivity contribution in [2.45, 2.75) is 38.6 Å². The molecular formula is C26H27N3O5S. The van der Waals surface area contributed by atoms with E-state index in [1.807, 2.05) is 38.1 Å². The van der Waals surface area contributed by atoms with Crippen molar-refractivity contribution in [3.8, 4) is 11.1 Å². The van der Waals surface area contributed by atoms with E-state index in [9.17, 15) is 14.4 Å². The third-order valence-electron chi connectivity index (χ3n) is 5.99. The highest BCUT2D eigenvalue weighted by Gasteiger charge is 2.29. The van der Waals surface area contributed by atoms with Gasteiger partial charge in [-0.3, -0.25) is 14.9 Å². The van der Waals surface area contributed by atoms with Crippen molar-refractivity contribution in [1.82, 2.24) is 10.3 Å². The minimum atomic E-state index is -0.966. The zero-order chi connectivity index (χ0) is 24.9. The number of nitrogens with one attached hydrogen (secondary N) is 2. The zero-order valence-electron chi connectivity index (χ0n) is 19.5. The molecule has 9 heteroatoms. The van der Waals surface area contributed by atoms with E-state index < -0.39 is 18.1 Å². The van der Waals surface area contributed by atoms with Gasteiger partial charge in [-0.05, 0) is 28.2 Å². The van der Waals surface area contributed by atoms with Gasteiger partial charge in [0.05, 0.1) is 18.5 Å². The molecule has 0 aliphatic heterocycles. The molecule has 1 heterocycles. The summed E-state index contributed by atoms with van der Waals surface area (Å²) in [7, 11) is 0. The first-order valence-electron chi connectivity index (χ1n) is 11.4. The fraction of sp³-hybridized carbons (Fsp3) is 0.308. The Kier molecular flexibility index (Phi) is 7.45. The fourth-order valence-corrected chi connectivity index (χ4v) is 4.93. The zero-order valence-corrected chi connectivity index (χ0v) is 20.3. The first kappa shape index (κ1) is 24.4. The van der Waals surface area contributed by atoms with Gasteiger partial charge < -0.3 is 15.2 Å². The molecule has 3 aromatic rings. The van der Waals surface area contributed by atoms with Gasteiger partial charge in [-0.15, -0.1) is 11.3 Å². The second-order valence-electron chi connectivity index (χ2n) is 8.79. The van der Waals surface area contributed by atoms with Crippen LogP contribution in [-0.2, 0) is 20.7 Å². The van der Waals surface area contributed by atoms with Gasteiger partial charge in [0.25, 0.3) is 0 Å². The number of hydrogen-bond acceptors (Lipinski definition) is 6. The second kappa shape index (κ2) is 10.7. The first-order chi connectivity index (χ1) is 16.8. The van der Waals surface area contributed by atoms with Crippen LogP contribution in [-0.4, -0.2) is 40.7 Å². The van der Waals surface area contributed by atoms with Crippen LogP contribution >= 0.6 is 11.3 Å². The number of benzene rings is 2. The van der Waals surface area contributed by atoms with E-state index in [0.717, 1.165) is 22.3 Å². The first-order valence-corrected chi connectivity index (χ1v) is 12.3. The summed E-state index contributed by atoms with van der Waals surface area (Å²) in [5, 5.41) is 16.4. The lowest BCUT2D eigenvalue weighted by Gasteiger charge is -2.20. The summed E-state index contributed by atoms with van der Waals surface area (Å²) in [4.78, 5) is 40.1. The van der Waals surface area contributed by atoms with Gasteiger partial charge in [0.2, 0.25) is 5.91 Å². The predicted molar refractivity (Wildman–Crippen MR) is 134 cm³/mol. The van der Waals surface area contributed by atoms with Crippen LogP contribution in [0.25, 0.3) is 11.1 Å². The van der Waals surface area contributed by atoms with Crippen molar-refractivity contribution in [2.24, 2.45) is 5.92 Å². The van der Waals surface area contributed by atoms with Crippen LogP contribution in [0.2, 0.25) is 0 Å². The third-order valence-corrected chi connectivity index (χ3v) is 6.80. The number of hydrogen-bond donors (Lipinski definition) is 3. The number of aromatic nitrogens is 1. The minimum absolute atomic E-state index is 0.00823. The molecule has 1 unspecified atom stereocenters. The van der Waals surface area contributed by atoms with E-state index in [0.29, 0.717) is 10.8 Å². The Bertz CT molecular complexity index is 1190. The lowest BCUT2D eigenvalue weighted by molar-refractivity contribution is -0.138. The molecule has 2 amide bonds. The number of carbonyl (C=O) groups excluding carboxylic acids is 2. The molecule has 0 bridgehead atoms. The number of fused-ring (bicyclic) bond motifs is 3. The summed E-state index contributed by atoms with van der Waals surface area (Å²) in [5.74, 6) is -1.34. The molecule has 1 aliphatic carbocycles. The molecule has 0 fully saturated rings. The normalized spacial score (nSPS) is 13.1. The summed E-state index contributed by atoms with van der Waals surface area (Å²) in [5.41, 5.74) is 5.06. The lowest BCUT2D eigenvalue weighted by Crippen LogP contribution is -2.40. The number of ether oxygens (including phenoxy) is 1. The van der Waals surface area contributed by atoms with Crippen molar-refractivity contribution in [3.05, 3.63) is 70.7 Å². The van der Waals surface area contributed by atoms with Gasteiger partial charge in [-0.1, -0.05) is 62.4 Å². The third kappa shape index (κ3) is 5.86. The number of aliphatic carboxylic acids is 1. The van der Waals surface area contributed by atoms with Crippen LogP contribution in [0.3, 0.4) is 0 Å². The molecular weight excluding hydrogens is 466 g/mol. The van der Waals surface area contributed by atoms with E-state index >= 15 is 0 Å². The number of carbonyl (C=O) groups is 3. The Balaban J connectivity index is 1.31. The van der Waals surface area contributed by atoms with Gasteiger partial charge in [0, 0.05) is 17.3 Å². The maximum atomic E-state index is 12.4. The molecule has 0 spiro atoms. The summed E-state index contributed by atoms with van der Waals surface area (Å²) in [6.45, 7) is 3.90. The monoisotopic (exact) mass is 493 g/mol. The number of nitrogens with zero attached hydrogens (tertiary/aromatic N) is 1. The Morgan fingerprint density at radius 2 is 1.69 bits per heavy atom. The van der Waals surface area contributed by atoms with Crippen LogP contribution in [0.1, 0.15) is 43.0 Å². The predicted octanol–water partition coefficient (Wildman–Crippen LogP) is 4.66. The number of thiazole rings is 1. The quantitative estimate of drug-likeness (QED) is 0.399. The summed E-state index contributed by atoms with van der Waals surface area (Å²) < 4.78 is 5.53. The molecule has 3 N–H and O–H groups in total. The molecule has 1 atom stereocenters. The van der Waals surface area contributed by atoms with Crippen molar-refractivity contribution in [2.75, 3.05) is 11.9 Å². The molecule has 1 aliphatic rings. The van der Waals surface area contributed by atoms with E-state index in [4.69, 9.17) is 9.84 Å². The van der Waals surface area contributed by atoms with Gasteiger partial charge in [0.15, 0.2) is 5.13 Å². The van der Waals surface area contributed by atoms with E-state index in [1.54, 1.807) is 5.38 Å². The number of amides is 2. The molecule has 182 valence electrons. The maximum Gasteiger partial charge on any atom is 0.413 e. The van der Waals surface area contributed by atoms with E-state index in [2.05, 4.69) is 39.9 Å². The molecule has 0 radical (unpaired) electrons. The van der Waals surface area contributed by atoms with Crippen LogP contribution in [0.15, 0.2) is 53.9 Å². The Labute approximate surface area is 207 Å². The van der Waals surface area contributed by atoms with Gasteiger partial charge in [-0.25, -0.2) is 9.78 Å². The van der Waals surface area contributed by atoms with Gasteiger partial charge in [0.1, 0.15) is 6.61 Å². The smallest absolute Gasteiger partial charge is 0.413 e. The number of rotatable bonds is 9. The van der Waals surface area contributed by atoms with Crippen molar-refractivity contribution < 1.29 is 24.2 Å². The standard InChI is InChI=1S/C26H27N3O5S/c1-15(2)22(12-24(31)32)28-23(30)11-16-14-35-25(27-16)29-26(33)34-13-21-19-9-5-3-7-17(19)18-8-4-6-10-20(18)21/h3-10,14-15,21-22H,11-13H2,1-2H3,(H,28,30)(H,31,32)(H,27,29,33). The van der Waals surface area contributed by atoms with Crippen molar-refractivity contribution in [3.63, 3.8) is 0 Å². The Hall–Kier alpha value is -3.72. The van der Waals surface area contributed by atoms with Gasteiger partial charge in [-0.2, -0.15) is 0 Å². The molecule has 2 aromatic carbocycles. The number of carboxylic acids is 1. The average Bonchev–Trinajstić information content (AvgIpc) is 3.38. The van der Waals surface area contributed by atoms with E-state index in [-0.39, 0.29) is 37.2 Å². The van der Waals surface area contributed by atoms with Gasteiger partial charge >= 0.3 is 12.1 Å². The molecule has 0 saturated carbocycles. The Morgan fingerprint density at radius 3 is 2.29 bits per heavy atom. The SMILES string of the molecule is CC(C)C(CC(=O)O)NC(=O)Cc1csc(NC(=O)OCC2c3ccccc3-c3ccccc32)n1. The molecule has 4 rings (SSSR count). The topological polar surface area (TPSA) is 118 Å². The molecule has 8 nitrogen and oxygen atoms in total. The summed E-state index contributed by atoms with van der Waals surface area (Å²) in [6, 6.07) is 15.8. The molecule has 0 saturated heterocycles. The number of anilines is 1. The van der Waals surface area contributed by atoms with Crippen LogP contribution in [0, 0.1) is 5.92 Å². The van der Waals surface area contributed by atoms with Crippen LogP contribution in [0.5, 0.6) is 0 Å². The maximum absolute atomic E-state index is 12.4. The number of carboxylic acid groups (broad SMARTS) is 1. The largest absolute Gasteiger partial charge is 0.481 e. The van der Waals surface area contributed by atoms with Crippen molar-refractivity contribution >= 4 is 34.4 Å². The highest BCUT2D eigenvalue weighted by molar-refractivity contribution is 7.13. The highest BCUT2D eigenvalue weighted by Crippen LogP contribution is 2.44. The minimum Gasteiger partial charge on any atom is -0.481 e. The van der Waals surface area contributed by atoms with Crippen LogP contribution in [0.4, 0.5) is 9.93 Å². The summed E-state index contributed by atoms with van der Waals surface area (Å²) in [6.07, 6.45) is -0.764. The second-order valence-corrected chi connectivity index (χ2v) is 9.65. The van der Waals surface area contributed by atoms with Crippen molar-refractivity contribution in [1.29, 1.82) is 0 Å². The van der Waals surface area contributed by atoms with E-state index in [1.165, 1.54) is 11.3 Å². The summed E-state index contributed by atoms with van der Waals surface area (Å²) >= 11 is 1.19.